The second-order valence-electron chi connectivity index (χ2n) is 5.07. The van der Waals surface area contributed by atoms with Crippen LogP contribution in [0.1, 0.15) is 0 Å². The van der Waals surface area contributed by atoms with Crippen LogP contribution in [0, 0.1) is 0 Å². The van der Waals surface area contributed by atoms with E-state index in [1.54, 1.807) is 12.4 Å². The van der Waals surface area contributed by atoms with Gasteiger partial charge in [-0.1, -0.05) is 0 Å². The van der Waals surface area contributed by atoms with Crippen LogP contribution in [-0.2, 0) is 0 Å². The Balaban J connectivity index is 2.49. The topological polar surface area (TPSA) is 35.5 Å². The molecule has 0 spiro atoms. The highest BCUT2D eigenvalue weighted by molar-refractivity contribution is 5.62. The lowest BCUT2D eigenvalue weighted by Gasteiger charge is -2.41. The normalized spacial score (nSPS) is 11.3. The standard InChI is InChI=1S/C15H21N5/c1-18(2)15(19(3)4)20(13-7-5-9-16-11-13)14-8-6-10-17-12-14/h5-12,15H,1-4H3. The summed E-state index contributed by atoms with van der Waals surface area (Å²) in [5.41, 5.74) is 2.07. The highest BCUT2D eigenvalue weighted by Crippen LogP contribution is 2.27. The largest absolute Gasteiger partial charge is 0.309 e. The van der Waals surface area contributed by atoms with Crippen molar-refractivity contribution in [3.63, 3.8) is 0 Å². The van der Waals surface area contributed by atoms with Crippen LogP contribution >= 0.6 is 0 Å². The SMILES string of the molecule is CN(C)C(N(C)C)N(c1cccnc1)c1cccnc1. The van der Waals surface area contributed by atoms with Crippen LogP contribution in [0.2, 0.25) is 0 Å². The number of aromatic nitrogens is 2. The van der Waals surface area contributed by atoms with Crippen molar-refractivity contribution >= 4 is 11.4 Å². The van der Waals surface area contributed by atoms with Gasteiger partial charge < -0.3 is 4.90 Å². The fraction of sp³-hybridized carbons (Fsp3) is 0.333. The van der Waals surface area contributed by atoms with E-state index in [-0.39, 0.29) is 6.29 Å². The molecule has 5 heteroatoms. The molecule has 2 aromatic rings. The third kappa shape index (κ3) is 3.12. The quantitative estimate of drug-likeness (QED) is 0.778. The van der Waals surface area contributed by atoms with Crippen LogP contribution in [0.4, 0.5) is 11.4 Å². The van der Waals surface area contributed by atoms with Crippen molar-refractivity contribution in [3.05, 3.63) is 49.1 Å². The van der Waals surface area contributed by atoms with Crippen LogP contribution in [0.15, 0.2) is 49.1 Å². The molecule has 106 valence electrons. The Morgan fingerprint density at radius 2 is 1.25 bits per heavy atom. The molecule has 0 aliphatic heterocycles. The third-order valence-corrected chi connectivity index (χ3v) is 3.00. The summed E-state index contributed by atoms with van der Waals surface area (Å²) in [7, 11) is 8.24. The summed E-state index contributed by atoms with van der Waals surface area (Å²) in [5, 5.41) is 0. The van der Waals surface area contributed by atoms with Crippen molar-refractivity contribution < 1.29 is 0 Å². The Morgan fingerprint density at radius 3 is 1.55 bits per heavy atom. The number of rotatable bonds is 5. The van der Waals surface area contributed by atoms with E-state index in [0.29, 0.717) is 0 Å². The summed E-state index contributed by atoms with van der Waals surface area (Å²) < 4.78 is 0. The van der Waals surface area contributed by atoms with Gasteiger partial charge in [0.25, 0.3) is 0 Å². The molecule has 0 amide bonds. The van der Waals surface area contributed by atoms with Gasteiger partial charge in [0.2, 0.25) is 0 Å². The van der Waals surface area contributed by atoms with Gasteiger partial charge in [-0.05, 0) is 52.5 Å². The maximum absolute atomic E-state index is 4.23. The Bertz CT molecular complexity index is 465. The average molecular weight is 271 g/mol. The van der Waals surface area contributed by atoms with E-state index in [4.69, 9.17) is 0 Å². The van der Waals surface area contributed by atoms with Crippen LogP contribution < -0.4 is 4.90 Å². The first kappa shape index (κ1) is 14.4. The minimum Gasteiger partial charge on any atom is -0.309 e. The fourth-order valence-electron chi connectivity index (χ4n) is 2.33. The molecule has 0 aliphatic carbocycles. The monoisotopic (exact) mass is 271 g/mol. The van der Waals surface area contributed by atoms with Crippen LogP contribution in [0.25, 0.3) is 0 Å². The number of hydrogen-bond acceptors (Lipinski definition) is 5. The summed E-state index contributed by atoms with van der Waals surface area (Å²) in [6, 6.07) is 8.00. The van der Waals surface area contributed by atoms with Crippen molar-refractivity contribution in [2.24, 2.45) is 0 Å². The van der Waals surface area contributed by atoms with E-state index in [1.165, 1.54) is 0 Å². The Morgan fingerprint density at radius 1 is 0.800 bits per heavy atom. The van der Waals surface area contributed by atoms with Gasteiger partial charge in [-0.25, -0.2) is 0 Å². The predicted molar refractivity (Wildman–Crippen MR) is 81.8 cm³/mol. The molecule has 0 atom stereocenters. The minimum atomic E-state index is 0.0726. The zero-order valence-electron chi connectivity index (χ0n) is 12.4. The summed E-state index contributed by atoms with van der Waals surface area (Å²) in [4.78, 5) is 15.0. The molecule has 0 N–H and O–H groups in total. The first-order valence-corrected chi connectivity index (χ1v) is 6.53. The minimum absolute atomic E-state index is 0.0726. The number of anilines is 2. The van der Waals surface area contributed by atoms with E-state index in [2.05, 4.69) is 65.0 Å². The molecular weight excluding hydrogens is 250 g/mol. The third-order valence-electron chi connectivity index (χ3n) is 3.00. The van der Waals surface area contributed by atoms with E-state index in [9.17, 15) is 0 Å². The lowest BCUT2D eigenvalue weighted by atomic mass is 10.3. The molecule has 0 bridgehead atoms. The molecule has 0 saturated heterocycles. The molecular formula is C15H21N5. The molecule has 0 fully saturated rings. The lowest BCUT2D eigenvalue weighted by Crippen LogP contribution is -2.51. The van der Waals surface area contributed by atoms with Crippen LogP contribution in [0.3, 0.4) is 0 Å². The highest BCUT2D eigenvalue weighted by Gasteiger charge is 2.24. The fourth-order valence-corrected chi connectivity index (χ4v) is 2.33. The summed E-state index contributed by atoms with van der Waals surface area (Å²) in [5.74, 6) is 0. The first-order chi connectivity index (χ1) is 9.61. The molecule has 2 rings (SSSR count). The van der Waals surface area contributed by atoms with Gasteiger partial charge in [0.05, 0.1) is 23.8 Å². The average Bonchev–Trinajstić information content (AvgIpc) is 2.45. The lowest BCUT2D eigenvalue weighted by molar-refractivity contribution is 0.135. The molecule has 0 aliphatic rings. The molecule has 5 nitrogen and oxygen atoms in total. The van der Waals surface area contributed by atoms with Gasteiger partial charge in [-0.2, -0.15) is 0 Å². The van der Waals surface area contributed by atoms with Crippen LogP contribution in [0.5, 0.6) is 0 Å². The van der Waals surface area contributed by atoms with Crippen molar-refractivity contribution in [1.29, 1.82) is 0 Å². The van der Waals surface area contributed by atoms with Gasteiger partial charge in [0.1, 0.15) is 6.29 Å². The van der Waals surface area contributed by atoms with Crippen molar-refractivity contribution in [2.75, 3.05) is 33.1 Å². The molecule has 2 heterocycles. The van der Waals surface area contributed by atoms with Gasteiger partial charge in [-0.3, -0.25) is 19.8 Å². The molecule has 0 aromatic carbocycles. The first-order valence-electron chi connectivity index (χ1n) is 6.53. The summed E-state index contributed by atoms with van der Waals surface area (Å²) >= 11 is 0. The van der Waals surface area contributed by atoms with Gasteiger partial charge in [0.15, 0.2) is 0 Å². The zero-order valence-corrected chi connectivity index (χ0v) is 12.4. The van der Waals surface area contributed by atoms with Crippen molar-refractivity contribution in [1.82, 2.24) is 19.8 Å². The molecule has 0 radical (unpaired) electrons. The Hall–Kier alpha value is -1.98. The summed E-state index contributed by atoms with van der Waals surface area (Å²) in [6.07, 6.45) is 7.37. The number of nitrogens with zero attached hydrogens (tertiary/aromatic N) is 5. The smallest absolute Gasteiger partial charge is 0.143 e. The van der Waals surface area contributed by atoms with Crippen molar-refractivity contribution in [3.8, 4) is 0 Å². The predicted octanol–water partition coefficient (Wildman–Crippen LogP) is 2.02. The maximum Gasteiger partial charge on any atom is 0.143 e. The van der Waals surface area contributed by atoms with Crippen molar-refractivity contribution in [2.45, 2.75) is 6.29 Å². The Kier molecular flexibility index (Phi) is 4.65. The van der Waals surface area contributed by atoms with Crippen LogP contribution in [-0.4, -0.2) is 54.2 Å². The second-order valence-corrected chi connectivity index (χ2v) is 5.07. The molecule has 0 saturated carbocycles. The molecule has 2 aromatic heterocycles. The van der Waals surface area contributed by atoms with Gasteiger partial charge >= 0.3 is 0 Å². The van der Waals surface area contributed by atoms with Gasteiger partial charge in [0, 0.05) is 12.4 Å². The maximum atomic E-state index is 4.23. The summed E-state index contributed by atoms with van der Waals surface area (Å²) in [6.45, 7) is 0. The zero-order chi connectivity index (χ0) is 14.5. The molecule has 0 unspecified atom stereocenters. The van der Waals surface area contributed by atoms with E-state index >= 15 is 0 Å². The van der Waals surface area contributed by atoms with Gasteiger partial charge in [-0.15, -0.1) is 0 Å². The number of pyridine rings is 2. The Labute approximate surface area is 120 Å². The molecule has 20 heavy (non-hydrogen) atoms. The van der Waals surface area contributed by atoms with E-state index in [1.807, 2.05) is 24.5 Å². The number of hydrogen-bond donors (Lipinski definition) is 0. The highest BCUT2D eigenvalue weighted by atomic mass is 15.5. The second kappa shape index (κ2) is 6.45. The van der Waals surface area contributed by atoms with E-state index in [0.717, 1.165) is 11.4 Å². The van der Waals surface area contributed by atoms with E-state index < -0.39 is 0 Å².